The molecule has 0 aliphatic heterocycles. The van der Waals surface area contributed by atoms with Crippen molar-refractivity contribution in [3.05, 3.63) is 0 Å². The number of aliphatic carboxylic acids is 1. The number of hydrogen-bond acceptors (Lipinski definition) is 3. The third-order valence-electron chi connectivity index (χ3n) is 3.49. The molecule has 0 heterocycles. The van der Waals surface area contributed by atoms with Crippen LogP contribution in [-0.2, 0) is 9.53 Å². The van der Waals surface area contributed by atoms with Gasteiger partial charge in [-0.1, -0.05) is 25.7 Å². The molecule has 2 amide bonds. The maximum atomic E-state index is 11.5. The van der Waals surface area contributed by atoms with Crippen LogP contribution in [0.5, 0.6) is 0 Å². The number of methoxy groups -OCH3 is 1. The van der Waals surface area contributed by atoms with Gasteiger partial charge >= 0.3 is 12.0 Å². The summed E-state index contributed by atoms with van der Waals surface area (Å²) < 4.78 is 4.74. The molecule has 0 saturated heterocycles. The van der Waals surface area contributed by atoms with Gasteiger partial charge in [0.15, 0.2) is 6.04 Å². The standard InChI is InChI=1S/C13H24N2O4/c1-19-9-11(12(16)17)15-13(18)14-8-4-7-10-5-2-3-6-10/h10-11H,2-9H2,1H3,(H,16,17)(H2,14,15,18). The lowest BCUT2D eigenvalue weighted by Gasteiger charge is -2.14. The van der Waals surface area contributed by atoms with E-state index in [-0.39, 0.29) is 6.61 Å². The highest BCUT2D eigenvalue weighted by Crippen LogP contribution is 2.28. The van der Waals surface area contributed by atoms with Crippen molar-refractivity contribution in [2.75, 3.05) is 20.3 Å². The van der Waals surface area contributed by atoms with E-state index >= 15 is 0 Å². The first kappa shape index (κ1) is 15.8. The lowest BCUT2D eigenvalue weighted by Crippen LogP contribution is -2.48. The van der Waals surface area contributed by atoms with Crippen molar-refractivity contribution in [3.63, 3.8) is 0 Å². The molecule has 0 aromatic rings. The smallest absolute Gasteiger partial charge is 0.328 e. The number of carboxylic acid groups (broad SMARTS) is 1. The zero-order chi connectivity index (χ0) is 14.1. The molecule has 3 N–H and O–H groups in total. The fourth-order valence-corrected chi connectivity index (χ4v) is 2.44. The quantitative estimate of drug-likeness (QED) is 0.582. The van der Waals surface area contributed by atoms with Crippen molar-refractivity contribution in [3.8, 4) is 0 Å². The molecule has 1 saturated carbocycles. The van der Waals surface area contributed by atoms with Crippen molar-refractivity contribution in [2.45, 2.75) is 44.6 Å². The van der Waals surface area contributed by atoms with Crippen LogP contribution >= 0.6 is 0 Å². The van der Waals surface area contributed by atoms with E-state index < -0.39 is 18.0 Å². The van der Waals surface area contributed by atoms with E-state index in [1.807, 2.05) is 0 Å². The Balaban J connectivity index is 2.10. The third-order valence-corrected chi connectivity index (χ3v) is 3.49. The van der Waals surface area contributed by atoms with E-state index in [0.29, 0.717) is 6.54 Å². The minimum Gasteiger partial charge on any atom is -0.480 e. The molecule has 1 rings (SSSR count). The van der Waals surface area contributed by atoms with Crippen LogP contribution in [0.15, 0.2) is 0 Å². The highest BCUT2D eigenvalue weighted by atomic mass is 16.5. The van der Waals surface area contributed by atoms with Gasteiger partial charge in [-0.2, -0.15) is 0 Å². The van der Waals surface area contributed by atoms with Crippen LogP contribution in [0.1, 0.15) is 38.5 Å². The summed E-state index contributed by atoms with van der Waals surface area (Å²) in [4.78, 5) is 22.3. The van der Waals surface area contributed by atoms with Crippen LogP contribution in [0.25, 0.3) is 0 Å². The highest BCUT2D eigenvalue weighted by Gasteiger charge is 2.19. The summed E-state index contributed by atoms with van der Waals surface area (Å²) in [7, 11) is 1.40. The Labute approximate surface area is 113 Å². The lowest BCUT2D eigenvalue weighted by atomic mass is 10.0. The van der Waals surface area contributed by atoms with Crippen LogP contribution in [0.4, 0.5) is 4.79 Å². The molecule has 0 spiro atoms. The molecule has 110 valence electrons. The number of ether oxygens (including phenoxy) is 1. The molecule has 19 heavy (non-hydrogen) atoms. The van der Waals surface area contributed by atoms with E-state index in [1.165, 1.54) is 32.8 Å². The largest absolute Gasteiger partial charge is 0.480 e. The van der Waals surface area contributed by atoms with Crippen molar-refractivity contribution >= 4 is 12.0 Å². The molecule has 0 radical (unpaired) electrons. The van der Waals surface area contributed by atoms with Crippen molar-refractivity contribution in [1.82, 2.24) is 10.6 Å². The number of amides is 2. The first-order chi connectivity index (χ1) is 9.13. The summed E-state index contributed by atoms with van der Waals surface area (Å²) in [6.45, 7) is 0.548. The third kappa shape index (κ3) is 6.42. The minimum atomic E-state index is -1.09. The number of rotatable bonds is 8. The average Bonchev–Trinajstić information content (AvgIpc) is 2.87. The number of carbonyl (C=O) groups is 2. The van der Waals surface area contributed by atoms with Crippen LogP contribution in [-0.4, -0.2) is 43.4 Å². The van der Waals surface area contributed by atoms with Crippen LogP contribution in [0.3, 0.4) is 0 Å². The second kappa shape index (κ2) is 8.74. The zero-order valence-electron chi connectivity index (χ0n) is 11.5. The molecule has 1 fully saturated rings. The van der Waals surface area contributed by atoms with Gasteiger partial charge in [0.05, 0.1) is 6.61 Å². The Morgan fingerprint density at radius 3 is 2.63 bits per heavy atom. The van der Waals surface area contributed by atoms with Gasteiger partial charge in [-0.15, -0.1) is 0 Å². The van der Waals surface area contributed by atoms with E-state index in [1.54, 1.807) is 0 Å². The number of nitrogens with one attached hydrogen (secondary N) is 2. The van der Waals surface area contributed by atoms with Crippen molar-refractivity contribution in [2.24, 2.45) is 5.92 Å². The molecule has 1 aliphatic rings. The molecule has 1 aliphatic carbocycles. The molecule has 0 aromatic carbocycles. The molecule has 1 atom stereocenters. The molecule has 6 heteroatoms. The van der Waals surface area contributed by atoms with Gasteiger partial charge < -0.3 is 20.5 Å². The van der Waals surface area contributed by atoms with Crippen LogP contribution < -0.4 is 10.6 Å². The van der Waals surface area contributed by atoms with Gasteiger partial charge in [-0.25, -0.2) is 9.59 Å². The summed E-state index contributed by atoms with van der Waals surface area (Å²) in [5, 5.41) is 13.9. The summed E-state index contributed by atoms with van der Waals surface area (Å²) >= 11 is 0. The van der Waals surface area contributed by atoms with Gasteiger partial charge in [0, 0.05) is 13.7 Å². The van der Waals surface area contributed by atoms with E-state index in [4.69, 9.17) is 9.84 Å². The van der Waals surface area contributed by atoms with Crippen LogP contribution in [0.2, 0.25) is 0 Å². The van der Waals surface area contributed by atoms with Gasteiger partial charge in [-0.05, 0) is 18.8 Å². The highest BCUT2D eigenvalue weighted by molar-refractivity contribution is 5.82. The van der Waals surface area contributed by atoms with E-state index in [0.717, 1.165) is 18.8 Å². The Bertz CT molecular complexity index is 290. The predicted molar refractivity (Wildman–Crippen MR) is 71.0 cm³/mol. The summed E-state index contributed by atoms with van der Waals surface area (Å²) in [5.41, 5.74) is 0. The number of carboxylic acids is 1. The molecule has 1 unspecified atom stereocenters. The molecular weight excluding hydrogens is 248 g/mol. The monoisotopic (exact) mass is 272 g/mol. The normalized spacial score (nSPS) is 17.1. The van der Waals surface area contributed by atoms with Crippen LogP contribution in [0, 0.1) is 5.92 Å². The average molecular weight is 272 g/mol. The first-order valence-electron chi connectivity index (χ1n) is 6.89. The second-order valence-electron chi connectivity index (χ2n) is 5.04. The van der Waals surface area contributed by atoms with Crippen molar-refractivity contribution in [1.29, 1.82) is 0 Å². The number of carbonyl (C=O) groups excluding carboxylic acids is 1. The SMILES string of the molecule is COCC(NC(=O)NCCCC1CCCC1)C(=O)O. The van der Waals surface area contributed by atoms with Crippen molar-refractivity contribution < 1.29 is 19.4 Å². The molecule has 0 aromatic heterocycles. The first-order valence-corrected chi connectivity index (χ1v) is 6.89. The van der Waals surface area contributed by atoms with Gasteiger partial charge in [-0.3, -0.25) is 0 Å². The van der Waals surface area contributed by atoms with Gasteiger partial charge in [0.1, 0.15) is 0 Å². The fraction of sp³-hybridized carbons (Fsp3) is 0.846. The van der Waals surface area contributed by atoms with E-state index in [2.05, 4.69) is 10.6 Å². The number of hydrogen-bond donors (Lipinski definition) is 3. The summed E-state index contributed by atoms with van der Waals surface area (Å²) in [6, 6.07) is -1.45. The second-order valence-corrected chi connectivity index (χ2v) is 5.04. The molecular formula is C13H24N2O4. The Kier molecular flexibility index (Phi) is 7.25. The summed E-state index contributed by atoms with van der Waals surface area (Å²) in [5.74, 6) is -0.284. The summed E-state index contributed by atoms with van der Waals surface area (Å²) in [6.07, 6.45) is 7.36. The Hall–Kier alpha value is -1.30. The maximum Gasteiger partial charge on any atom is 0.328 e. The van der Waals surface area contributed by atoms with Gasteiger partial charge in [0.25, 0.3) is 0 Å². The van der Waals surface area contributed by atoms with Gasteiger partial charge in [0.2, 0.25) is 0 Å². The Morgan fingerprint density at radius 2 is 2.05 bits per heavy atom. The molecule has 0 bridgehead atoms. The maximum absolute atomic E-state index is 11.5. The molecule has 6 nitrogen and oxygen atoms in total. The lowest BCUT2D eigenvalue weighted by molar-refractivity contribution is -0.140. The fourth-order valence-electron chi connectivity index (χ4n) is 2.44. The predicted octanol–water partition coefficient (Wildman–Crippen LogP) is 1.36. The topological polar surface area (TPSA) is 87.7 Å². The Morgan fingerprint density at radius 1 is 1.37 bits per heavy atom. The number of urea groups is 1. The zero-order valence-corrected chi connectivity index (χ0v) is 11.5. The van der Waals surface area contributed by atoms with E-state index in [9.17, 15) is 9.59 Å². The minimum absolute atomic E-state index is 0.0369.